The molecule has 10 heteroatoms. The normalized spacial score (nSPS) is 16.9. The Morgan fingerprint density at radius 3 is 2.42 bits per heavy atom. The van der Waals surface area contributed by atoms with Crippen molar-refractivity contribution in [3.05, 3.63) is 94.2 Å². The molecule has 0 unspecified atom stereocenters. The maximum Gasteiger partial charge on any atom is 0.410 e. The van der Waals surface area contributed by atoms with Gasteiger partial charge in [0.15, 0.2) is 0 Å². The molecule has 1 fully saturated rings. The van der Waals surface area contributed by atoms with Gasteiger partial charge < -0.3 is 14.5 Å². The van der Waals surface area contributed by atoms with Crippen LogP contribution in [-0.2, 0) is 11.3 Å². The standard InChI is InChI=1S/C23H19F2N3O5/c24-23(25)11-17(28(14-23)22(31)32-13-15-7-3-1-4-8-15)19-26-12-18(20(29)27-19)33-21(30)16-9-5-2-6-10-16/h1-10,12,17H,11,13-14H2,(H,26,27,29)/t17-/m0/s1. The molecule has 4 rings (SSSR count). The lowest BCUT2D eigenvalue weighted by atomic mass is 10.2. The number of carbonyl (C=O) groups excluding carboxylic acids is 2. The van der Waals surface area contributed by atoms with Gasteiger partial charge in [-0.15, -0.1) is 0 Å². The fraction of sp³-hybridized carbons (Fsp3) is 0.217. The van der Waals surface area contributed by atoms with E-state index in [0.717, 1.165) is 11.1 Å². The highest BCUT2D eigenvalue weighted by molar-refractivity contribution is 5.90. The number of nitrogens with one attached hydrogen (secondary N) is 1. The molecule has 3 aromatic rings. The van der Waals surface area contributed by atoms with E-state index in [-0.39, 0.29) is 18.0 Å². The van der Waals surface area contributed by atoms with Crippen LogP contribution in [0.15, 0.2) is 71.7 Å². The van der Waals surface area contributed by atoms with Gasteiger partial charge in [-0.25, -0.2) is 23.4 Å². The Labute approximate surface area is 186 Å². The molecule has 1 aliphatic rings. The van der Waals surface area contributed by atoms with E-state index in [0.29, 0.717) is 5.56 Å². The number of benzene rings is 2. The number of aromatic nitrogens is 2. The first-order chi connectivity index (χ1) is 15.8. The molecule has 8 nitrogen and oxygen atoms in total. The lowest BCUT2D eigenvalue weighted by Gasteiger charge is -2.22. The van der Waals surface area contributed by atoms with Gasteiger partial charge in [0.2, 0.25) is 5.75 Å². The molecule has 1 saturated heterocycles. The number of likely N-dealkylation sites (tertiary alicyclic amines) is 1. The van der Waals surface area contributed by atoms with Gasteiger partial charge in [0.05, 0.1) is 24.3 Å². The molecule has 1 amide bonds. The van der Waals surface area contributed by atoms with Gasteiger partial charge in [-0.1, -0.05) is 48.5 Å². The summed E-state index contributed by atoms with van der Waals surface area (Å²) in [5.41, 5.74) is 0.0883. The number of amides is 1. The van der Waals surface area contributed by atoms with Gasteiger partial charge in [-0.05, 0) is 17.7 Å². The topological polar surface area (TPSA) is 102 Å². The molecule has 170 valence electrons. The fourth-order valence-electron chi connectivity index (χ4n) is 3.43. The van der Waals surface area contributed by atoms with Crippen molar-refractivity contribution in [2.75, 3.05) is 6.54 Å². The Bertz CT molecular complexity index is 1200. The first-order valence-electron chi connectivity index (χ1n) is 10.0. The number of aromatic amines is 1. The molecule has 1 N–H and O–H groups in total. The average Bonchev–Trinajstić information content (AvgIpc) is 3.15. The van der Waals surface area contributed by atoms with E-state index < -0.39 is 48.3 Å². The molecule has 2 heterocycles. The monoisotopic (exact) mass is 455 g/mol. The lowest BCUT2D eigenvalue weighted by Crippen LogP contribution is -2.34. The van der Waals surface area contributed by atoms with E-state index >= 15 is 0 Å². The summed E-state index contributed by atoms with van der Waals surface area (Å²) in [5, 5.41) is 0. The average molecular weight is 455 g/mol. The molecule has 33 heavy (non-hydrogen) atoms. The first kappa shape index (κ1) is 22.1. The summed E-state index contributed by atoms with van der Waals surface area (Å²) >= 11 is 0. The number of rotatable bonds is 5. The molecule has 0 saturated carbocycles. The third-order valence-electron chi connectivity index (χ3n) is 5.02. The van der Waals surface area contributed by atoms with Crippen molar-refractivity contribution in [2.24, 2.45) is 0 Å². The number of H-pyrrole nitrogens is 1. The van der Waals surface area contributed by atoms with Gasteiger partial charge in [-0.2, -0.15) is 0 Å². The number of nitrogens with zero attached hydrogens (tertiary/aromatic N) is 2. The predicted molar refractivity (Wildman–Crippen MR) is 112 cm³/mol. The van der Waals surface area contributed by atoms with E-state index in [1.165, 1.54) is 12.1 Å². The zero-order valence-corrected chi connectivity index (χ0v) is 17.2. The van der Waals surface area contributed by atoms with Gasteiger partial charge in [-0.3, -0.25) is 9.69 Å². The highest BCUT2D eigenvalue weighted by Gasteiger charge is 2.49. The fourth-order valence-corrected chi connectivity index (χ4v) is 3.43. The molecule has 0 bridgehead atoms. The largest absolute Gasteiger partial charge is 0.445 e. The smallest absolute Gasteiger partial charge is 0.410 e. The Kier molecular flexibility index (Phi) is 6.16. The molecule has 1 aliphatic heterocycles. The summed E-state index contributed by atoms with van der Waals surface area (Å²) in [6.07, 6.45) is -0.721. The Hall–Kier alpha value is -4.08. The van der Waals surface area contributed by atoms with Gasteiger partial charge in [0, 0.05) is 6.42 Å². The highest BCUT2D eigenvalue weighted by atomic mass is 19.3. The summed E-state index contributed by atoms with van der Waals surface area (Å²) < 4.78 is 38.5. The number of hydrogen-bond donors (Lipinski definition) is 1. The summed E-state index contributed by atoms with van der Waals surface area (Å²) in [6, 6.07) is 15.6. The minimum Gasteiger partial charge on any atom is -0.445 e. The van der Waals surface area contributed by atoms with Crippen molar-refractivity contribution in [2.45, 2.75) is 25.0 Å². The van der Waals surface area contributed by atoms with Crippen LogP contribution >= 0.6 is 0 Å². The van der Waals surface area contributed by atoms with Crippen LogP contribution in [-0.4, -0.2) is 39.4 Å². The van der Waals surface area contributed by atoms with E-state index in [1.54, 1.807) is 48.5 Å². The molecular weight excluding hydrogens is 436 g/mol. The third kappa shape index (κ3) is 5.22. The lowest BCUT2D eigenvalue weighted by molar-refractivity contribution is 0.0101. The minimum atomic E-state index is -3.19. The van der Waals surface area contributed by atoms with Crippen LogP contribution in [0.4, 0.5) is 13.6 Å². The summed E-state index contributed by atoms with van der Waals surface area (Å²) in [5.74, 6) is -4.51. The van der Waals surface area contributed by atoms with Crippen LogP contribution in [0.25, 0.3) is 0 Å². The van der Waals surface area contributed by atoms with Crippen LogP contribution in [0.3, 0.4) is 0 Å². The van der Waals surface area contributed by atoms with Crippen molar-refractivity contribution in [3.63, 3.8) is 0 Å². The Morgan fingerprint density at radius 2 is 1.76 bits per heavy atom. The van der Waals surface area contributed by atoms with Crippen LogP contribution in [0.1, 0.15) is 34.2 Å². The van der Waals surface area contributed by atoms with Crippen LogP contribution in [0.2, 0.25) is 0 Å². The molecule has 2 aromatic carbocycles. The Balaban J connectivity index is 1.49. The summed E-state index contributed by atoms with van der Waals surface area (Å²) in [4.78, 5) is 44.2. The number of hydrogen-bond acceptors (Lipinski definition) is 6. The molecular formula is C23H19F2N3O5. The molecule has 0 spiro atoms. The van der Waals surface area contributed by atoms with Gasteiger partial charge in [0.25, 0.3) is 11.5 Å². The van der Waals surface area contributed by atoms with E-state index in [2.05, 4.69) is 9.97 Å². The molecule has 1 atom stereocenters. The quantitative estimate of drug-likeness (QED) is 0.589. The van der Waals surface area contributed by atoms with Gasteiger partial charge in [0.1, 0.15) is 12.4 Å². The number of halogens is 2. The summed E-state index contributed by atoms with van der Waals surface area (Å²) in [6.45, 7) is -0.966. The van der Waals surface area contributed by atoms with Crippen molar-refractivity contribution in [1.82, 2.24) is 14.9 Å². The van der Waals surface area contributed by atoms with Crippen molar-refractivity contribution < 1.29 is 27.8 Å². The molecule has 0 radical (unpaired) electrons. The number of esters is 1. The SMILES string of the molecule is O=C(Oc1cnc([C@@H]2CC(F)(F)CN2C(=O)OCc2ccccc2)[nH]c1=O)c1ccccc1. The number of alkyl halides is 2. The van der Waals surface area contributed by atoms with E-state index in [1.807, 2.05) is 0 Å². The third-order valence-corrected chi connectivity index (χ3v) is 5.02. The van der Waals surface area contributed by atoms with Crippen molar-refractivity contribution in [1.29, 1.82) is 0 Å². The second-order valence-corrected chi connectivity index (χ2v) is 7.46. The minimum absolute atomic E-state index is 0.0905. The van der Waals surface area contributed by atoms with Crippen molar-refractivity contribution >= 4 is 12.1 Å². The maximum atomic E-state index is 14.2. The Morgan fingerprint density at radius 1 is 1.09 bits per heavy atom. The summed E-state index contributed by atoms with van der Waals surface area (Å²) in [7, 11) is 0. The number of ether oxygens (including phenoxy) is 2. The zero-order valence-electron chi connectivity index (χ0n) is 17.2. The number of carbonyl (C=O) groups is 2. The van der Waals surface area contributed by atoms with Gasteiger partial charge >= 0.3 is 12.1 Å². The van der Waals surface area contributed by atoms with Crippen LogP contribution in [0.5, 0.6) is 5.75 Å². The second-order valence-electron chi connectivity index (χ2n) is 7.46. The molecule has 1 aromatic heterocycles. The maximum absolute atomic E-state index is 14.2. The predicted octanol–water partition coefficient (Wildman–Crippen LogP) is 3.71. The zero-order chi connectivity index (χ0) is 23.4. The van der Waals surface area contributed by atoms with Crippen LogP contribution < -0.4 is 10.3 Å². The van der Waals surface area contributed by atoms with E-state index in [9.17, 15) is 23.2 Å². The first-order valence-corrected chi connectivity index (χ1v) is 10.0. The highest BCUT2D eigenvalue weighted by Crippen LogP contribution is 2.40. The second kappa shape index (κ2) is 9.19. The molecule has 0 aliphatic carbocycles. The van der Waals surface area contributed by atoms with Crippen molar-refractivity contribution in [3.8, 4) is 5.75 Å². The van der Waals surface area contributed by atoms with E-state index in [4.69, 9.17) is 9.47 Å². The van der Waals surface area contributed by atoms with Crippen LogP contribution in [0, 0.1) is 0 Å².